The predicted octanol–water partition coefficient (Wildman–Crippen LogP) is 1.73. The highest BCUT2D eigenvalue weighted by molar-refractivity contribution is 5.78. The van der Waals surface area contributed by atoms with E-state index in [9.17, 15) is 9.59 Å². The second kappa shape index (κ2) is 8.14. The number of carbonyl (C=O) groups excluding carboxylic acids is 1. The van der Waals surface area contributed by atoms with Crippen LogP contribution in [0.2, 0.25) is 0 Å². The molecule has 2 aliphatic heterocycles. The lowest BCUT2D eigenvalue weighted by molar-refractivity contribution is -0.137. The van der Waals surface area contributed by atoms with Gasteiger partial charge >= 0.3 is 5.97 Å². The van der Waals surface area contributed by atoms with Gasteiger partial charge in [0, 0.05) is 19.5 Å². The summed E-state index contributed by atoms with van der Waals surface area (Å²) in [6, 6.07) is 12.5. The molecule has 0 radical (unpaired) electrons. The van der Waals surface area contributed by atoms with Gasteiger partial charge in [0.1, 0.15) is 0 Å². The number of benzene rings is 1. The Morgan fingerprint density at radius 3 is 2.75 bits per heavy atom. The number of aromatic nitrogens is 2. The zero-order valence-corrected chi connectivity index (χ0v) is 16.0. The van der Waals surface area contributed by atoms with E-state index < -0.39 is 5.97 Å². The third-order valence-electron chi connectivity index (χ3n) is 5.70. The fourth-order valence-corrected chi connectivity index (χ4v) is 4.16. The quantitative estimate of drug-likeness (QED) is 0.823. The number of rotatable bonds is 6. The molecule has 0 saturated carbocycles. The van der Waals surface area contributed by atoms with Crippen LogP contribution in [0.3, 0.4) is 0 Å². The zero-order valence-electron chi connectivity index (χ0n) is 16.0. The Hall–Kier alpha value is -2.67. The number of hydrogen-bond donors (Lipinski definition) is 1. The Morgan fingerprint density at radius 1 is 1.14 bits per heavy atom. The van der Waals surface area contributed by atoms with Gasteiger partial charge < -0.3 is 10.0 Å². The molecule has 28 heavy (non-hydrogen) atoms. The molecule has 7 nitrogen and oxygen atoms in total. The van der Waals surface area contributed by atoms with Gasteiger partial charge in [0.15, 0.2) is 0 Å². The van der Waals surface area contributed by atoms with Crippen molar-refractivity contribution in [2.45, 2.75) is 38.3 Å². The third-order valence-corrected chi connectivity index (χ3v) is 5.70. The topological polar surface area (TPSA) is 78.7 Å². The second-order valence-electron chi connectivity index (χ2n) is 7.69. The molecule has 1 aromatic carbocycles. The fraction of sp³-hybridized carbons (Fsp3) is 0.476. The van der Waals surface area contributed by atoms with Crippen LogP contribution in [0.25, 0.3) is 0 Å². The number of nitrogens with zero attached hydrogens (tertiary/aromatic N) is 4. The number of aryl methyl sites for hydroxylation is 1. The summed E-state index contributed by atoms with van der Waals surface area (Å²) in [5.41, 5.74) is 3.13. The Labute approximate surface area is 164 Å². The van der Waals surface area contributed by atoms with Crippen molar-refractivity contribution in [2.75, 3.05) is 26.2 Å². The first kappa shape index (κ1) is 18.7. The van der Waals surface area contributed by atoms with Crippen LogP contribution in [0, 0.1) is 0 Å². The molecule has 0 aliphatic carbocycles. The number of likely N-dealkylation sites (tertiary alicyclic amines) is 1. The van der Waals surface area contributed by atoms with E-state index in [1.165, 1.54) is 5.56 Å². The molecule has 2 aliphatic rings. The molecule has 1 unspecified atom stereocenters. The molecule has 1 atom stereocenters. The molecule has 7 heteroatoms. The molecule has 1 N–H and O–H groups in total. The molecule has 0 spiro atoms. The van der Waals surface area contributed by atoms with Crippen LogP contribution < -0.4 is 0 Å². The Balaban J connectivity index is 1.31. The van der Waals surface area contributed by atoms with Crippen LogP contribution in [0.5, 0.6) is 0 Å². The van der Waals surface area contributed by atoms with Crippen molar-refractivity contribution in [2.24, 2.45) is 0 Å². The van der Waals surface area contributed by atoms with Gasteiger partial charge in [-0.15, -0.1) is 0 Å². The molecule has 2 aromatic rings. The largest absolute Gasteiger partial charge is 0.481 e. The van der Waals surface area contributed by atoms with Gasteiger partial charge in [0.05, 0.1) is 37.4 Å². The number of aliphatic carboxylic acids is 1. The highest BCUT2D eigenvalue weighted by Crippen LogP contribution is 2.27. The monoisotopic (exact) mass is 382 g/mol. The average molecular weight is 382 g/mol. The zero-order chi connectivity index (χ0) is 19.5. The van der Waals surface area contributed by atoms with Crippen molar-refractivity contribution >= 4 is 11.9 Å². The Bertz CT molecular complexity index is 849. The summed E-state index contributed by atoms with van der Waals surface area (Å²) in [6.07, 6.45) is 1.60. The molecule has 0 bridgehead atoms. The lowest BCUT2D eigenvalue weighted by Gasteiger charge is -2.29. The molecule has 1 fully saturated rings. The number of hydrogen-bond acceptors (Lipinski definition) is 4. The SMILES string of the molecule is O=C(O)CCc1cc2n(n1)CCN(C(=O)CN1CCC(c3ccccc3)C1)C2. The van der Waals surface area contributed by atoms with Crippen molar-refractivity contribution in [3.63, 3.8) is 0 Å². The van der Waals surface area contributed by atoms with Gasteiger partial charge in [-0.25, -0.2) is 0 Å². The lowest BCUT2D eigenvalue weighted by atomic mass is 9.99. The lowest BCUT2D eigenvalue weighted by Crippen LogP contribution is -2.43. The summed E-state index contributed by atoms with van der Waals surface area (Å²) in [5, 5.41) is 13.3. The fourth-order valence-electron chi connectivity index (χ4n) is 4.16. The van der Waals surface area contributed by atoms with E-state index in [0.29, 0.717) is 38.5 Å². The minimum Gasteiger partial charge on any atom is -0.481 e. The van der Waals surface area contributed by atoms with E-state index in [0.717, 1.165) is 30.9 Å². The van der Waals surface area contributed by atoms with E-state index in [1.54, 1.807) is 0 Å². The Morgan fingerprint density at radius 2 is 1.96 bits per heavy atom. The van der Waals surface area contributed by atoms with Gasteiger partial charge in [-0.3, -0.25) is 19.2 Å². The average Bonchev–Trinajstić information content (AvgIpc) is 3.33. The second-order valence-corrected chi connectivity index (χ2v) is 7.69. The van der Waals surface area contributed by atoms with Gasteiger partial charge in [0.25, 0.3) is 0 Å². The highest BCUT2D eigenvalue weighted by Gasteiger charge is 2.28. The maximum atomic E-state index is 12.8. The third kappa shape index (κ3) is 4.25. The van der Waals surface area contributed by atoms with E-state index in [4.69, 9.17) is 5.11 Å². The summed E-state index contributed by atoms with van der Waals surface area (Å²) >= 11 is 0. The number of carboxylic acids is 1. The number of fused-ring (bicyclic) bond motifs is 1. The summed E-state index contributed by atoms with van der Waals surface area (Å²) in [6.45, 7) is 4.22. The van der Waals surface area contributed by atoms with Crippen LogP contribution >= 0.6 is 0 Å². The molecule has 148 valence electrons. The van der Waals surface area contributed by atoms with Gasteiger partial charge in [-0.1, -0.05) is 30.3 Å². The minimum absolute atomic E-state index is 0.0800. The van der Waals surface area contributed by atoms with E-state index in [2.05, 4.69) is 34.3 Å². The molecule has 1 aromatic heterocycles. The normalized spacial score (nSPS) is 19.6. The minimum atomic E-state index is -0.817. The summed E-state index contributed by atoms with van der Waals surface area (Å²) in [4.78, 5) is 27.7. The van der Waals surface area contributed by atoms with Crippen LogP contribution in [0.1, 0.15) is 35.7 Å². The van der Waals surface area contributed by atoms with Gasteiger partial charge in [-0.05, 0) is 30.5 Å². The first-order valence-electron chi connectivity index (χ1n) is 9.91. The summed E-state index contributed by atoms with van der Waals surface area (Å²) in [5.74, 6) is -0.149. The summed E-state index contributed by atoms with van der Waals surface area (Å²) in [7, 11) is 0. The molecule has 1 saturated heterocycles. The smallest absolute Gasteiger partial charge is 0.303 e. The number of amides is 1. The van der Waals surface area contributed by atoms with Crippen LogP contribution in [0.15, 0.2) is 36.4 Å². The molecule has 1 amide bonds. The predicted molar refractivity (Wildman–Crippen MR) is 104 cm³/mol. The van der Waals surface area contributed by atoms with Crippen molar-refractivity contribution in [1.29, 1.82) is 0 Å². The molecule has 3 heterocycles. The van der Waals surface area contributed by atoms with Crippen molar-refractivity contribution < 1.29 is 14.7 Å². The first-order valence-corrected chi connectivity index (χ1v) is 9.91. The van der Waals surface area contributed by atoms with Gasteiger partial charge in [0.2, 0.25) is 5.91 Å². The highest BCUT2D eigenvalue weighted by atomic mass is 16.4. The molecular formula is C21H26N4O3. The number of carboxylic acid groups (broad SMARTS) is 1. The maximum absolute atomic E-state index is 12.8. The van der Waals surface area contributed by atoms with Crippen molar-refractivity contribution in [1.82, 2.24) is 19.6 Å². The van der Waals surface area contributed by atoms with Crippen LogP contribution in [-0.4, -0.2) is 62.7 Å². The van der Waals surface area contributed by atoms with Crippen LogP contribution in [0.4, 0.5) is 0 Å². The van der Waals surface area contributed by atoms with E-state index in [1.807, 2.05) is 21.7 Å². The van der Waals surface area contributed by atoms with E-state index >= 15 is 0 Å². The summed E-state index contributed by atoms with van der Waals surface area (Å²) < 4.78 is 1.91. The van der Waals surface area contributed by atoms with Gasteiger partial charge in [-0.2, -0.15) is 5.10 Å². The standard InChI is InChI=1S/C21H26N4O3/c26-20(15-23-9-8-17(13-23)16-4-2-1-3-5-16)24-10-11-25-19(14-24)12-18(22-25)6-7-21(27)28/h1-5,12,17H,6-11,13-15H2,(H,27,28). The Kier molecular flexibility index (Phi) is 5.43. The van der Waals surface area contributed by atoms with E-state index in [-0.39, 0.29) is 12.3 Å². The van der Waals surface area contributed by atoms with Crippen molar-refractivity contribution in [3.8, 4) is 0 Å². The molecule has 4 rings (SSSR count). The maximum Gasteiger partial charge on any atom is 0.303 e. The first-order chi connectivity index (χ1) is 13.6. The number of carbonyl (C=O) groups is 2. The van der Waals surface area contributed by atoms with Crippen LogP contribution in [-0.2, 0) is 29.1 Å². The molecular weight excluding hydrogens is 356 g/mol. The van der Waals surface area contributed by atoms with Crippen molar-refractivity contribution in [3.05, 3.63) is 53.3 Å².